The molecule has 4 bridgehead atoms. The van der Waals surface area contributed by atoms with Crippen LogP contribution in [0.2, 0.25) is 0 Å². The summed E-state index contributed by atoms with van der Waals surface area (Å²) in [6, 6.07) is 3.97. The Bertz CT molecular complexity index is 5320. The molecular weight excluding hydrogens is 1520 g/mol. The Balaban J connectivity index is 1.00. The van der Waals surface area contributed by atoms with E-state index in [0.717, 1.165) is 0 Å². The van der Waals surface area contributed by atoms with Crippen molar-refractivity contribution in [3.8, 4) is 166 Å². The van der Waals surface area contributed by atoms with Crippen molar-refractivity contribution < 1.29 is 218 Å². The minimum absolute atomic E-state index is 0.109. The normalized spacial score (nSPS) is 20.7. The SMILES string of the molecule is O=C(O[C@@H]1O[C@@H]2COC(=O)c3cc(Oc4c(C(=O)O[C@H]5[C@H](OC(=O)c6cc(O)c(O)c(O)c6)O[C@@H]6COC(=O)c7cc(O)c(O)c(O)c7-c7c(cc(O)c(O)c7O)C(=O)O[C@H]5[C@@H]6OC(=O)c5cc(O)c(O)c(O)c5)cc(O)c(O)c4O)c(O)c(O)c3-c3c(cc(O)c(O)c3O)C(=O)O[C@H]([C@H]1O)[C@@H]2O)c1cc(O)c(O)c(O)c1. The Hall–Kier alpha value is -15.4. The van der Waals surface area contributed by atoms with Gasteiger partial charge in [-0.05, 0) is 54.6 Å². The molecule has 0 amide bonds. The number of ether oxygens (including phenoxy) is 11. The molecule has 2 fully saturated rings. The number of phenolic OH excluding ortho intramolecular Hbond substituents is 23. The molecule has 586 valence electrons. The molecule has 44 heteroatoms. The molecule has 0 radical (unpaired) electrons. The molecule has 2 saturated heterocycles. The zero-order valence-electron chi connectivity index (χ0n) is 55.0. The first-order valence-corrected chi connectivity index (χ1v) is 31.1. The lowest BCUT2D eigenvalue weighted by Crippen LogP contribution is -2.63. The molecule has 10 atom stereocenters. The molecule has 4 aliphatic rings. The van der Waals surface area contributed by atoms with Gasteiger partial charge in [-0.15, -0.1) is 0 Å². The number of esters is 8. The lowest BCUT2D eigenvalue weighted by Gasteiger charge is -2.44. The Kier molecular flexibility index (Phi) is 19.3. The van der Waals surface area contributed by atoms with E-state index in [2.05, 4.69) is 0 Å². The van der Waals surface area contributed by atoms with Gasteiger partial charge in [0.05, 0.1) is 38.9 Å². The van der Waals surface area contributed by atoms with E-state index in [1.807, 2.05) is 0 Å². The lowest BCUT2D eigenvalue weighted by molar-refractivity contribution is -0.284. The number of carbonyl (C=O) groups is 8. The second kappa shape index (κ2) is 28.4. The summed E-state index contributed by atoms with van der Waals surface area (Å²) in [6.45, 7) is -2.89. The van der Waals surface area contributed by atoms with Gasteiger partial charge in [0.2, 0.25) is 53.2 Å². The molecular formula is C68H50O44. The molecule has 8 aromatic carbocycles. The average Bonchev–Trinajstić information content (AvgIpc) is 0.745. The Morgan fingerprint density at radius 2 is 0.643 bits per heavy atom. The van der Waals surface area contributed by atoms with Crippen LogP contribution < -0.4 is 4.74 Å². The molecule has 0 aliphatic carbocycles. The van der Waals surface area contributed by atoms with Crippen molar-refractivity contribution in [2.45, 2.75) is 61.4 Å². The molecule has 0 saturated carbocycles. The number of phenols is 23. The minimum Gasteiger partial charge on any atom is -0.504 e. The molecule has 0 spiro atoms. The average molecular weight is 1570 g/mol. The zero-order chi connectivity index (χ0) is 81.7. The molecule has 0 aromatic heterocycles. The van der Waals surface area contributed by atoms with Crippen LogP contribution in [0.5, 0.6) is 144 Å². The van der Waals surface area contributed by atoms with E-state index in [0.29, 0.717) is 42.5 Å². The van der Waals surface area contributed by atoms with Crippen LogP contribution >= 0.6 is 0 Å². The molecule has 0 unspecified atom stereocenters. The van der Waals surface area contributed by atoms with E-state index in [-0.39, 0.29) is 24.3 Å². The molecule has 4 aliphatic heterocycles. The monoisotopic (exact) mass is 1570 g/mol. The van der Waals surface area contributed by atoms with Gasteiger partial charge in [-0.2, -0.15) is 0 Å². The molecule has 44 nitrogen and oxygen atoms in total. The number of aliphatic hydroxyl groups excluding tert-OH is 2. The number of carbonyl (C=O) groups excluding carboxylic acids is 8. The van der Waals surface area contributed by atoms with Crippen molar-refractivity contribution in [3.63, 3.8) is 0 Å². The first-order valence-electron chi connectivity index (χ1n) is 31.1. The van der Waals surface area contributed by atoms with E-state index >= 15 is 9.59 Å². The number of cyclic esters (lactones) is 2. The van der Waals surface area contributed by atoms with Crippen molar-refractivity contribution >= 4 is 47.8 Å². The third-order valence-corrected chi connectivity index (χ3v) is 17.3. The fourth-order valence-electron chi connectivity index (χ4n) is 11.8. The highest BCUT2D eigenvalue weighted by Gasteiger charge is 2.57. The zero-order valence-corrected chi connectivity index (χ0v) is 55.0. The summed E-state index contributed by atoms with van der Waals surface area (Å²) in [7, 11) is 0. The summed E-state index contributed by atoms with van der Waals surface area (Å²) >= 11 is 0. The quantitative estimate of drug-likeness (QED) is 0.0527. The molecule has 4 heterocycles. The Labute approximate surface area is 616 Å². The first-order chi connectivity index (χ1) is 52.7. The van der Waals surface area contributed by atoms with E-state index in [1.165, 1.54) is 0 Å². The third kappa shape index (κ3) is 13.2. The number of hydrogen-bond donors (Lipinski definition) is 25. The van der Waals surface area contributed by atoms with E-state index in [1.54, 1.807) is 0 Å². The van der Waals surface area contributed by atoms with Gasteiger partial charge in [0.15, 0.2) is 134 Å². The fraction of sp³-hybridized carbons (Fsp3) is 0.176. The van der Waals surface area contributed by atoms with Crippen molar-refractivity contribution in [3.05, 3.63) is 111 Å². The summed E-state index contributed by atoms with van der Waals surface area (Å²) in [5.41, 5.74) is -14.8. The molecule has 25 N–H and O–H groups in total. The van der Waals surface area contributed by atoms with Gasteiger partial charge in [0.25, 0.3) is 0 Å². The summed E-state index contributed by atoms with van der Waals surface area (Å²) in [5.74, 6) is -52.0. The maximum Gasteiger partial charge on any atom is 0.342 e. The van der Waals surface area contributed by atoms with E-state index in [9.17, 15) is 156 Å². The number of hydrogen-bond acceptors (Lipinski definition) is 44. The predicted molar refractivity (Wildman–Crippen MR) is 345 cm³/mol. The van der Waals surface area contributed by atoms with Crippen LogP contribution in [-0.2, 0) is 47.4 Å². The van der Waals surface area contributed by atoms with Gasteiger partial charge in [0, 0.05) is 34.4 Å². The van der Waals surface area contributed by atoms with Crippen LogP contribution in [0, 0.1) is 0 Å². The molecule has 12 rings (SSSR count). The van der Waals surface area contributed by atoms with Gasteiger partial charge < -0.3 is 180 Å². The van der Waals surface area contributed by atoms with Crippen LogP contribution in [0.25, 0.3) is 22.3 Å². The summed E-state index contributed by atoms with van der Waals surface area (Å²) in [6.07, 6.45) is -26.2. The van der Waals surface area contributed by atoms with Crippen LogP contribution in [-0.4, -0.2) is 250 Å². The van der Waals surface area contributed by atoms with E-state index < -0.39 is 333 Å². The summed E-state index contributed by atoms with van der Waals surface area (Å²) < 4.78 is 61.4. The largest absolute Gasteiger partial charge is 0.504 e. The van der Waals surface area contributed by atoms with Gasteiger partial charge in [-0.3, -0.25) is 0 Å². The van der Waals surface area contributed by atoms with Crippen LogP contribution in [0.15, 0.2) is 66.7 Å². The smallest absolute Gasteiger partial charge is 0.342 e. The van der Waals surface area contributed by atoms with Crippen molar-refractivity contribution in [1.82, 2.24) is 0 Å². The second-order valence-corrected chi connectivity index (χ2v) is 24.3. The summed E-state index contributed by atoms with van der Waals surface area (Å²) in [4.78, 5) is 116. The van der Waals surface area contributed by atoms with Gasteiger partial charge >= 0.3 is 47.8 Å². The highest BCUT2D eigenvalue weighted by atomic mass is 16.8. The van der Waals surface area contributed by atoms with Crippen molar-refractivity contribution in [2.75, 3.05) is 13.2 Å². The number of fused-ring (bicyclic) bond motifs is 10. The molecule has 8 aromatic rings. The molecule has 112 heavy (non-hydrogen) atoms. The highest BCUT2D eigenvalue weighted by Crippen LogP contribution is 2.58. The standard InChI is InChI=1S/C68H50O44/c69-22-1-14(2-23(70)39(22)79)59(94)107-55-34-13-103-62(97)17-7-28(75)42(82)48(88)35(17)36-19(9-30(77)43(83)49(36)89)65(100)109-57(55)58(68(106-34)112-61(96)16-5-26(73)41(81)27(74)6-16)110-66(101)21-10-31(78)45(85)52(92)54(21)104-32-11-20-38(51(91)46(32)86)37-18(8-29(76)44(84)50(37)90)64(99)108-56-47(87)33(12-102-63(20)98)105-67(53(56)93)111-60(95)15-3-24(71)40(80)25(72)4-15/h1-11,33-34,47,53,55-58,67-93H,12-13H2/t33-,34-,47-,53-,55-,56+,57+,58-,67+,68+/m1/s1. The highest BCUT2D eigenvalue weighted by molar-refractivity contribution is 6.10. The Morgan fingerprint density at radius 3 is 1.08 bits per heavy atom. The van der Waals surface area contributed by atoms with Crippen LogP contribution in [0.3, 0.4) is 0 Å². The third-order valence-electron chi connectivity index (χ3n) is 17.3. The van der Waals surface area contributed by atoms with Crippen molar-refractivity contribution in [2.24, 2.45) is 0 Å². The number of benzene rings is 8. The van der Waals surface area contributed by atoms with Crippen molar-refractivity contribution in [1.29, 1.82) is 0 Å². The van der Waals surface area contributed by atoms with E-state index in [4.69, 9.17) is 52.1 Å². The maximum atomic E-state index is 15.4. The van der Waals surface area contributed by atoms with Gasteiger partial charge in [-0.1, -0.05) is 0 Å². The second-order valence-electron chi connectivity index (χ2n) is 24.3. The lowest BCUT2D eigenvalue weighted by atomic mass is 9.91. The maximum absolute atomic E-state index is 15.4. The van der Waals surface area contributed by atoms with Crippen LogP contribution in [0.1, 0.15) is 82.9 Å². The van der Waals surface area contributed by atoms with Gasteiger partial charge in [-0.25, -0.2) is 38.4 Å². The fourth-order valence-corrected chi connectivity index (χ4v) is 11.8. The minimum atomic E-state index is -3.07. The number of aliphatic hydroxyl groups is 2. The number of rotatable bonds is 10. The first kappa shape index (κ1) is 76.2. The number of aromatic hydroxyl groups is 23. The van der Waals surface area contributed by atoms with Crippen LogP contribution in [0.4, 0.5) is 0 Å². The Morgan fingerprint density at radius 1 is 0.312 bits per heavy atom. The van der Waals surface area contributed by atoms with Gasteiger partial charge in [0.1, 0.15) is 37.1 Å². The predicted octanol–water partition coefficient (Wildman–Crippen LogP) is 1.77. The topological polar surface area (TPSA) is 744 Å². The summed E-state index contributed by atoms with van der Waals surface area (Å²) in [5, 5.41) is 272.